The smallest absolute Gasteiger partial charge is 0.122 e. The van der Waals surface area contributed by atoms with E-state index in [-0.39, 0.29) is 5.54 Å². The third kappa shape index (κ3) is 4.85. The van der Waals surface area contributed by atoms with Crippen molar-refractivity contribution in [2.24, 2.45) is 0 Å². The van der Waals surface area contributed by atoms with Crippen LogP contribution in [0, 0.1) is 6.92 Å². The molecule has 2 aromatic rings. The molecule has 1 unspecified atom stereocenters. The highest BCUT2D eigenvalue weighted by molar-refractivity contribution is 5.44. The van der Waals surface area contributed by atoms with Gasteiger partial charge >= 0.3 is 0 Å². The SMILES string of the molecule is CCC(C)(C)N(C)CCC(c1ccccc1)c1cc(C)ccc1OC. The highest BCUT2D eigenvalue weighted by Crippen LogP contribution is 2.35. The maximum Gasteiger partial charge on any atom is 0.122 e. The van der Waals surface area contributed by atoms with Gasteiger partial charge in [-0.1, -0.05) is 55.0 Å². The van der Waals surface area contributed by atoms with E-state index < -0.39 is 0 Å². The number of benzene rings is 2. The molecule has 0 radical (unpaired) electrons. The van der Waals surface area contributed by atoms with Crippen LogP contribution in [0.4, 0.5) is 0 Å². The highest BCUT2D eigenvalue weighted by Gasteiger charge is 2.24. The van der Waals surface area contributed by atoms with Crippen molar-refractivity contribution in [1.82, 2.24) is 4.90 Å². The fourth-order valence-electron chi connectivity index (χ4n) is 3.21. The molecule has 0 saturated carbocycles. The molecule has 0 bridgehead atoms. The molecule has 25 heavy (non-hydrogen) atoms. The Bertz CT molecular complexity index is 663. The van der Waals surface area contributed by atoms with Crippen molar-refractivity contribution in [1.29, 1.82) is 0 Å². The molecule has 0 fully saturated rings. The predicted octanol–water partition coefficient (Wildman–Crippen LogP) is 5.65. The largest absolute Gasteiger partial charge is 0.496 e. The molecular weight excluding hydrogens is 306 g/mol. The molecule has 0 aliphatic rings. The van der Waals surface area contributed by atoms with Crippen molar-refractivity contribution < 1.29 is 4.74 Å². The van der Waals surface area contributed by atoms with E-state index >= 15 is 0 Å². The van der Waals surface area contributed by atoms with Crippen LogP contribution in [-0.4, -0.2) is 31.1 Å². The molecule has 2 aromatic carbocycles. The second-order valence-electron chi connectivity index (χ2n) is 7.58. The number of ether oxygens (including phenoxy) is 1. The Hall–Kier alpha value is -1.80. The molecule has 2 rings (SSSR count). The maximum atomic E-state index is 5.68. The second kappa shape index (κ2) is 8.53. The van der Waals surface area contributed by atoms with Gasteiger partial charge in [-0.3, -0.25) is 0 Å². The number of nitrogens with zero attached hydrogens (tertiary/aromatic N) is 1. The van der Waals surface area contributed by atoms with Crippen LogP contribution in [0.15, 0.2) is 48.5 Å². The summed E-state index contributed by atoms with van der Waals surface area (Å²) >= 11 is 0. The topological polar surface area (TPSA) is 12.5 Å². The summed E-state index contributed by atoms with van der Waals surface area (Å²) in [6.45, 7) is 10.1. The van der Waals surface area contributed by atoms with Crippen LogP contribution in [-0.2, 0) is 0 Å². The van der Waals surface area contributed by atoms with Crippen molar-refractivity contribution >= 4 is 0 Å². The molecule has 2 heteroatoms. The van der Waals surface area contributed by atoms with Crippen molar-refractivity contribution in [3.8, 4) is 5.75 Å². The number of methoxy groups -OCH3 is 1. The molecule has 0 aromatic heterocycles. The summed E-state index contributed by atoms with van der Waals surface area (Å²) in [4.78, 5) is 2.48. The van der Waals surface area contributed by atoms with Gasteiger partial charge in [-0.05, 0) is 58.8 Å². The Morgan fingerprint density at radius 1 is 1.08 bits per heavy atom. The number of rotatable bonds is 8. The Morgan fingerprint density at radius 2 is 1.76 bits per heavy atom. The molecule has 0 aliphatic heterocycles. The van der Waals surface area contributed by atoms with Crippen LogP contribution in [0.1, 0.15) is 56.2 Å². The minimum Gasteiger partial charge on any atom is -0.496 e. The molecule has 0 amide bonds. The minimum atomic E-state index is 0.220. The highest BCUT2D eigenvalue weighted by atomic mass is 16.5. The van der Waals surface area contributed by atoms with Crippen LogP contribution >= 0.6 is 0 Å². The van der Waals surface area contributed by atoms with E-state index in [0.29, 0.717) is 5.92 Å². The van der Waals surface area contributed by atoms with Crippen LogP contribution in [0.2, 0.25) is 0 Å². The van der Waals surface area contributed by atoms with Gasteiger partial charge in [0.25, 0.3) is 0 Å². The summed E-state index contributed by atoms with van der Waals surface area (Å²) in [5.41, 5.74) is 4.14. The molecular formula is C23H33NO. The van der Waals surface area contributed by atoms with Gasteiger partial charge in [-0.2, -0.15) is 0 Å². The third-order valence-electron chi connectivity index (χ3n) is 5.61. The van der Waals surface area contributed by atoms with E-state index in [2.05, 4.69) is 88.2 Å². The average Bonchev–Trinajstić information content (AvgIpc) is 2.62. The first kappa shape index (κ1) is 19.5. The van der Waals surface area contributed by atoms with Crippen LogP contribution in [0.25, 0.3) is 0 Å². The molecule has 136 valence electrons. The lowest BCUT2D eigenvalue weighted by atomic mass is 9.86. The van der Waals surface area contributed by atoms with E-state index in [1.54, 1.807) is 7.11 Å². The third-order valence-corrected chi connectivity index (χ3v) is 5.61. The Morgan fingerprint density at radius 3 is 2.36 bits per heavy atom. The van der Waals surface area contributed by atoms with E-state index in [0.717, 1.165) is 25.1 Å². The normalized spacial score (nSPS) is 13.1. The summed E-state index contributed by atoms with van der Waals surface area (Å²) in [5.74, 6) is 1.32. The zero-order valence-electron chi connectivity index (χ0n) is 16.7. The van der Waals surface area contributed by atoms with Gasteiger partial charge in [0.2, 0.25) is 0 Å². The average molecular weight is 340 g/mol. The quantitative estimate of drug-likeness (QED) is 0.616. The van der Waals surface area contributed by atoms with E-state index in [9.17, 15) is 0 Å². The van der Waals surface area contributed by atoms with Gasteiger partial charge in [0.05, 0.1) is 7.11 Å². The summed E-state index contributed by atoms with van der Waals surface area (Å²) in [5, 5.41) is 0. The summed E-state index contributed by atoms with van der Waals surface area (Å²) in [6.07, 6.45) is 2.22. The number of hydrogen-bond acceptors (Lipinski definition) is 2. The van der Waals surface area contributed by atoms with E-state index in [1.165, 1.54) is 16.7 Å². The van der Waals surface area contributed by atoms with Gasteiger partial charge in [0.15, 0.2) is 0 Å². The standard InChI is InChI=1S/C23H33NO/c1-7-23(3,4)24(5)16-15-20(19-11-9-8-10-12-19)21-17-18(2)13-14-22(21)25-6/h8-14,17,20H,7,15-16H2,1-6H3. The zero-order chi connectivity index (χ0) is 18.4. The van der Waals surface area contributed by atoms with Crippen LogP contribution in [0.3, 0.4) is 0 Å². The van der Waals surface area contributed by atoms with Crippen molar-refractivity contribution in [2.45, 2.75) is 52.0 Å². The Labute approximate surface area is 153 Å². The molecule has 1 atom stereocenters. The van der Waals surface area contributed by atoms with Gasteiger partial charge in [-0.15, -0.1) is 0 Å². The van der Waals surface area contributed by atoms with Crippen molar-refractivity contribution in [3.63, 3.8) is 0 Å². The molecule has 0 N–H and O–H groups in total. The lowest BCUT2D eigenvalue weighted by Crippen LogP contribution is -2.41. The summed E-state index contributed by atoms with van der Waals surface area (Å²) < 4.78 is 5.68. The van der Waals surface area contributed by atoms with E-state index in [1.807, 2.05) is 0 Å². The Balaban J connectivity index is 2.34. The lowest BCUT2D eigenvalue weighted by molar-refractivity contribution is 0.147. The second-order valence-corrected chi connectivity index (χ2v) is 7.58. The first-order valence-corrected chi connectivity index (χ1v) is 9.29. The molecule has 0 aliphatic carbocycles. The fraction of sp³-hybridized carbons (Fsp3) is 0.478. The van der Waals surface area contributed by atoms with Gasteiger partial charge < -0.3 is 9.64 Å². The molecule has 0 spiro atoms. The summed E-state index contributed by atoms with van der Waals surface area (Å²) in [6, 6.07) is 17.3. The van der Waals surface area contributed by atoms with E-state index in [4.69, 9.17) is 4.74 Å². The van der Waals surface area contributed by atoms with Gasteiger partial charge in [-0.25, -0.2) is 0 Å². The summed E-state index contributed by atoms with van der Waals surface area (Å²) in [7, 11) is 4.00. The molecule has 0 heterocycles. The van der Waals surface area contributed by atoms with Gasteiger partial charge in [0, 0.05) is 17.0 Å². The van der Waals surface area contributed by atoms with Crippen molar-refractivity contribution in [3.05, 3.63) is 65.2 Å². The fourth-order valence-corrected chi connectivity index (χ4v) is 3.21. The lowest BCUT2D eigenvalue weighted by Gasteiger charge is -2.36. The number of aryl methyl sites for hydroxylation is 1. The molecule has 0 saturated heterocycles. The first-order valence-electron chi connectivity index (χ1n) is 9.29. The zero-order valence-corrected chi connectivity index (χ0v) is 16.7. The predicted molar refractivity (Wildman–Crippen MR) is 108 cm³/mol. The van der Waals surface area contributed by atoms with Gasteiger partial charge in [0.1, 0.15) is 5.75 Å². The van der Waals surface area contributed by atoms with Crippen LogP contribution < -0.4 is 4.74 Å². The maximum absolute atomic E-state index is 5.68. The number of hydrogen-bond donors (Lipinski definition) is 0. The monoisotopic (exact) mass is 339 g/mol. The minimum absolute atomic E-state index is 0.220. The van der Waals surface area contributed by atoms with Crippen LogP contribution in [0.5, 0.6) is 5.75 Å². The first-order chi connectivity index (χ1) is 11.9. The Kier molecular flexibility index (Phi) is 6.66. The molecule has 2 nitrogen and oxygen atoms in total. The van der Waals surface area contributed by atoms with Crippen molar-refractivity contribution in [2.75, 3.05) is 20.7 Å².